The molecular weight excluding hydrogens is 228 g/mol. The Morgan fingerprint density at radius 1 is 1.56 bits per heavy atom. The van der Waals surface area contributed by atoms with E-state index in [0.717, 1.165) is 31.4 Å². The minimum absolute atomic E-state index is 0.000975. The van der Waals surface area contributed by atoms with Crippen molar-refractivity contribution >= 4 is 17.3 Å². The van der Waals surface area contributed by atoms with Crippen molar-refractivity contribution in [2.45, 2.75) is 38.7 Å². The fourth-order valence-electron chi connectivity index (χ4n) is 2.17. The summed E-state index contributed by atoms with van der Waals surface area (Å²) < 4.78 is 5.49. The van der Waals surface area contributed by atoms with E-state index in [9.17, 15) is 4.79 Å². The van der Waals surface area contributed by atoms with Gasteiger partial charge in [-0.25, -0.2) is 0 Å². The third kappa shape index (κ3) is 3.47. The SMILES string of the molecule is Cc1ccc(NC(=O)CCC2CCCO2)c(N)c1. The van der Waals surface area contributed by atoms with Crippen molar-refractivity contribution in [2.24, 2.45) is 0 Å². The van der Waals surface area contributed by atoms with Gasteiger partial charge in [-0.2, -0.15) is 0 Å². The number of nitrogen functional groups attached to an aromatic ring is 1. The van der Waals surface area contributed by atoms with E-state index in [4.69, 9.17) is 10.5 Å². The molecule has 3 N–H and O–H groups in total. The van der Waals surface area contributed by atoms with Gasteiger partial charge in [0.2, 0.25) is 5.91 Å². The second-order valence-electron chi connectivity index (χ2n) is 4.81. The first kappa shape index (κ1) is 12.9. The molecular formula is C14H20N2O2. The van der Waals surface area contributed by atoms with E-state index >= 15 is 0 Å². The van der Waals surface area contributed by atoms with Gasteiger partial charge >= 0.3 is 0 Å². The van der Waals surface area contributed by atoms with Gasteiger partial charge in [-0.1, -0.05) is 6.07 Å². The summed E-state index contributed by atoms with van der Waals surface area (Å²) in [4.78, 5) is 11.8. The molecule has 0 aromatic heterocycles. The molecule has 1 aromatic carbocycles. The molecule has 0 aliphatic carbocycles. The third-order valence-electron chi connectivity index (χ3n) is 3.20. The van der Waals surface area contributed by atoms with Crippen LogP contribution in [0.3, 0.4) is 0 Å². The van der Waals surface area contributed by atoms with Gasteiger partial charge in [0.1, 0.15) is 0 Å². The Kier molecular flexibility index (Phi) is 4.20. The van der Waals surface area contributed by atoms with Crippen LogP contribution in [0.25, 0.3) is 0 Å². The van der Waals surface area contributed by atoms with Crippen molar-refractivity contribution in [1.82, 2.24) is 0 Å². The molecule has 1 fully saturated rings. The van der Waals surface area contributed by atoms with Crippen LogP contribution in [0.2, 0.25) is 0 Å². The lowest BCUT2D eigenvalue weighted by atomic mass is 10.1. The molecule has 0 bridgehead atoms. The molecule has 4 nitrogen and oxygen atoms in total. The first-order valence-electron chi connectivity index (χ1n) is 6.43. The Morgan fingerprint density at radius 3 is 3.06 bits per heavy atom. The van der Waals surface area contributed by atoms with Gasteiger partial charge in [-0.15, -0.1) is 0 Å². The molecule has 1 saturated heterocycles. The van der Waals surface area contributed by atoms with Gasteiger partial charge in [-0.05, 0) is 43.9 Å². The summed E-state index contributed by atoms with van der Waals surface area (Å²) >= 11 is 0. The van der Waals surface area contributed by atoms with Crippen LogP contribution >= 0.6 is 0 Å². The Morgan fingerprint density at radius 2 is 2.39 bits per heavy atom. The second-order valence-corrected chi connectivity index (χ2v) is 4.81. The van der Waals surface area contributed by atoms with Crippen LogP contribution < -0.4 is 11.1 Å². The van der Waals surface area contributed by atoms with E-state index in [-0.39, 0.29) is 12.0 Å². The van der Waals surface area contributed by atoms with E-state index in [0.29, 0.717) is 17.8 Å². The fourth-order valence-corrected chi connectivity index (χ4v) is 2.17. The van der Waals surface area contributed by atoms with Crippen molar-refractivity contribution in [2.75, 3.05) is 17.7 Å². The molecule has 1 aromatic rings. The van der Waals surface area contributed by atoms with Crippen molar-refractivity contribution in [3.05, 3.63) is 23.8 Å². The monoisotopic (exact) mass is 248 g/mol. The molecule has 1 aliphatic heterocycles. The summed E-state index contributed by atoms with van der Waals surface area (Å²) in [6.07, 6.45) is 3.71. The van der Waals surface area contributed by atoms with Crippen molar-refractivity contribution in [3.8, 4) is 0 Å². The average Bonchev–Trinajstić information content (AvgIpc) is 2.83. The van der Waals surface area contributed by atoms with E-state index in [1.807, 2.05) is 25.1 Å². The minimum atomic E-state index is 0.000975. The van der Waals surface area contributed by atoms with Gasteiger partial charge in [0.25, 0.3) is 0 Å². The zero-order chi connectivity index (χ0) is 13.0. The number of ether oxygens (including phenoxy) is 1. The number of rotatable bonds is 4. The first-order valence-corrected chi connectivity index (χ1v) is 6.43. The molecule has 2 rings (SSSR count). The predicted octanol–water partition coefficient (Wildman–Crippen LogP) is 2.47. The standard InChI is InChI=1S/C14H20N2O2/c1-10-4-6-13(12(15)9-10)16-14(17)7-5-11-3-2-8-18-11/h4,6,9,11H,2-3,5,7-8,15H2,1H3,(H,16,17). The average molecular weight is 248 g/mol. The maximum absolute atomic E-state index is 11.8. The highest BCUT2D eigenvalue weighted by Crippen LogP contribution is 2.21. The molecule has 18 heavy (non-hydrogen) atoms. The van der Waals surface area contributed by atoms with E-state index in [1.165, 1.54) is 0 Å². The van der Waals surface area contributed by atoms with Gasteiger partial charge < -0.3 is 15.8 Å². The number of aryl methyl sites for hydroxylation is 1. The lowest BCUT2D eigenvalue weighted by Crippen LogP contribution is -2.16. The molecule has 0 saturated carbocycles. The molecule has 1 aliphatic rings. The number of anilines is 2. The molecule has 1 atom stereocenters. The molecule has 4 heteroatoms. The Labute approximate surface area is 108 Å². The molecule has 1 heterocycles. The zero-order valence-corrected chi connectivity index (χ0v) is 10.7. The van der Waals surface area contributed by atoms with E-state index < -0.39 is 0 Å². The summed E-state index contributed by atoms with van der Waals surface area (Å²) in [6.45, 7) is 2.80. The number of carbonyl (C=O) groups excluding carboxylic acids is 1. The Bertz CT molecular complexity index is 426. The number of benzene rings is 1. The van der Waals surface area contributed by atoms with Crippen LogP contribution in [0.15, 0.2) is 18.2 Å². The Balaban J connectivity index is 1.82. The maximum atomic E-state index is 11.8. The van der Waals surface area contributed by atoms with Gasteiger partial charge in [0.05, 0.1) is 17.5 Å². The number of hydrogen-bond donors (Lipinski definition) is 2. The number of nitrogens with two attached hydrogens (primary N) is 1. The smallest absolute Gasteiger partial charge is 0.224 e. The summed E-state index contributed by atoms with van der Waals surface area (Å²) in [6, 6.07) is 5.64. The quantitative estimate of drug-likeness (QED) is 0.804. The minimum Gasteiger partial charge on any atom is -0.397 e. The predicted molar refractivity (Wildman–Crippen MR) is 72.4 cm³/mol. The fraction of sp³-hybridized carbons (Fsp3) is 0.500. The van der Waals surface area contributed by atoms with Crippen LogP contribution in [0.4, 0.5) is 11.4 Å². The zero-order valence-electron chi connectivity index (χ0n) is 10.7. The second kappa shape index (κ2) is 5.87. The summed E-state index contributed by atoms with van der Waals surface area (Å²) in [5.41, 5.74) is 8.24. The highest BCUT2D eigenvalue weighted by Gasteiger charge is 2.16. The normalized spacial score (nSPS) is 18.8. The topological polar surface area (TPSA) is 64.3 Å². The van der Waals surface area contributed by atoms with Gasteiger partial charge in [0, 0.05) is 13.0 Å². The molecule has 1 unspecified atom stereocenters. The lowest BCUT2D eigenvalue weighted by molar-refractivity contribution is -0.116. The van der Waals surface area contributed by atoms with E-state index in [1.54, 1.807) is 0 Å². The summed E-state index contributed by atoms with van der Waals surface area (Å²) in [5.74, 6) is 0.000975. The van der Waals surface area contributed by atoms with Crippen molar-refractivity contribution < 1.29 is 9.53 Å². The van der Waals surface area contributed by atoms with Gasteiger partial charge in [0.15, 0.2) is 0 Å². The van der Waals surface area contributed by atoms with Crippen LogP contribution in [0, 0.1) is 6.92 Å². The largest absolute Gasteiger partial charge is 0.397 e. The molecule has 0 radical (unpaired) electrons. The number of amides is 1. The number of hydrogen-bond acceptors (Lipinski definition) is 3. The van der Waals surface area contributed by atoms with E-state index in [2.05, 4.69) is 5.32 Å². The Hall–Kier alpha value is -1.55. The number of nitrogens with one attached hydrogen (secondary N) is 1. The third-order valence-corrected chi connectivity index (χ3v) is 3.20. The van der Waals surface area contributed by atoms with Crippen LogP contribution in [0.5, 0.6) is 0 Å². The molecule has 98 valence electrons. The van der Waals surface area contributed by atoms with Crippen molar-refractivity contribution in [3.63, 3.8) is 0 Å². The highest BCUT2D eigenvalue weighted by molar-refractivity contribution is 5.93. The first-order chi connectivity index (χ1) is 8.65. The van der Waals surface area contributed by atoms with Crippen molar-refractivity contribution in [1.29, 1.82) is 0 Å². The van der Waals surface area contributed by atoms with Crippen LogP contribution in [-0.2, 0) is 9.53 Å². The molecule has 0 spiro atoms. The maximum Gasteiger partial charge on any atom is 0.224 e. The highest BCUT2D eigenvalue weighted by atomic mass is 16.5. The van der Waals surface area contributed by atoms with Crippen LogP contribution in [0.1, 0.15) is 31.2 Å². The summed E-state index contributed by atoms with van der Waals surface area (Å²) in [7, 11) is 0. The van der Waals surface area contributed by atoms with Gasteiger partial charge in [-0.3, -0.25) is 4.79 Å². The number of carbonyl (C=O) groups is 1. The molecule has 1 amide bonds. The lowest BCUT2D eigenvalue weighted by Gasteiger charge is -2.11. The van der Waals surface area contributed by atoms with Crippen LogP contribution in [-0.4, -0.2) is 18.6 Å². The summed E-state index contributed by atoms with van der Waals surface area (Å²) in [5, 5.41) is 2.84.